The largest absolute Gasteiger partial charge is 0.389 e. The highest BCUT2D eigenvalue weighted by Crippen LogP contribution is 2.07. The van der Waals surface area contributed by atoms with E-state index in [0.717, 1.165) is 56.6 Å². The molecule has 0 aliphatic heterocycles. The van der Waals surface area contributed by atoms with Crippen molar-refractivity contribution in [2.45, 2.75) is 78.1 Å². The predicted molar refractivity (Wildman–Crippen MR) is 96.8 cm³/mol. The Labute approximate surface area is 137 Å². The van der Waals surface area contributed by atoms with Crippen LogP contribution in [0.4, 0.5) is 0 Å². The van der Waals surface area contributed by atoms with E-state index in [1.54, 1.807) is 0 Å². The molecule has 0 heterocycles. The third kappa shape index (κ3) is 13.7. The molecule has 0 bridgehead atoms. The van der Waals surface area contributed by atoms with E-state index in [4.69, 9.17) is 0 Å². The molecule has 0 amide bonds. The number of carbonyl (C=O) groups is 1. The molecule has 3 heteroatoms. The number of hydrogen-bond acceptors (Lipinski definition) is 3. The molecule has 0 aromatic carbocycles. The normalized spacial score (nSPS) is 10.3. The van der Waals surface area contributed by atoms with Gasteiger partial charge < -0.3 is 10.6 Å². The number of allylic oxidation sites excluding steroid dienone is 2. The Bertz CT molecular complexity index is 323. The second-order valence-electron chi connectivity index (χ2n) is 5.93. The maximum absolute atomic E-state index is 11.2. The van der Waals surface area contributed by atoms with Gasteiger partial charge in [-0.15, -0.1) is 0 Å². The Kier molecular flexibility index (Phi) is 13.8. The SMILES string of the molecule is C=C(CC)NCCCCCCNC(=C)CCCCC(=O)CC. The highest BCUT2D eigenvalue weighted by Gasteiger charge is 1.99. The lowest BCUT2D eigenvalue weighted by Crippen LogP contribution is -2.15. The molecule has 0 unspecified atom stereocenters. The molecule has 0 spiro atoms. The lowest BCUT2D eigenvalue weighted by molar-refractivity contribution is -0.118. The van der Waals surface area contributed by atoms with E-state index < -0.39 is 0 Å². The first-order valence-electron chi connectivity index (χ1n) is 8.95. The summed E-state index contributed by atoms with van der Waals surface area (Å²) in [7, 11) is 0. The van der Waals surface area contributed by atoms with E-state index >= 15 is 0 Å². The third-order valence-corrected chi connectivity index (χ3v) is 3.86. The fourth-order valence-electron chi connectivity index (χ4n) is 2.18. The van der Waals surface area contributed by atoms with Crippen LogP contribution < -0.4 is 10.6 Å². The van der Waals surface area contributed by atoms with Crippen molar-refractivity contribution in [3.8, 4) is 0 Å². The summed E-state index contributed by atoms with van der Waals surface area (Å²) < 4.78 is 0. The minimum atomic E-state index is 0.371. The topological polar surface area (TPSA) is 41.1 Å². The van der Waals surface area contributed by atoms with Crippen molar-refractivity contribution in [3.05, 3.63) is 24.6 Å². The van der Waals surface area contributed by atoms with Crippen molar-refractivity contribution in [1.82, 2.24) is 10.6 Å². The number of unbranched alkanes of at least 4 members (excludes halogenated alkanes) is 4. The maximum Gasteiger partial charge on any atom is 0.132 e. The quantitative estimate of drug-likeness (QED) is 0.406. The molecule has 0 fully saturated rings. The van der Waals surface area contributed by atoms with Crippen LogP contribution in [0.5, 0.6) is 0 Å². The van der Waals surface area contributed by atoms with Gasteiger partial charge in [-0.05, 0) is 38.5 Å². The number of ketones is 1. The second-order valence-corrected chi connectivity index (χ2v) is 5.93. The zero-order chi connectivity index (χ0) is 16.6. The van der Waals surface area contributed by atoms with Gasteiger partial charge in [0.15, 0.2) is 0 Å². The number of hydrogen-bond donors (Lipinski definition) is 2. The summed E-state index contributed by atoms with van der Waals surface area (Å²) in [6.45, 7) is 14.1. The van der Waals surface area contributed by atoms with Gasteiger partial charge in [-0.25, -0.2) is 0 Å². The average Bonchev–Trinajstić information content (AvgIpc) is 2.53. The lowest BCUT2D eigenvalue weighted by atomic mass is 10.1. The monoisotopic (exact) mass is 308 g/mol. The van der Waals surface area contributed by atoms with Gasteiger partial charge in [0.25, 0.3) is 0 Å². The van der Waals surface area contributed by atoms with E-state index in [-0.39, 0.29) is 0 Å². The molecular formula is C19H36N2O. The minimum Gasteiger partial charge on any atom is -0.389 e. The number of nitrogens with one attached hydrogen (secondary N) is 2. The highest BCUT2D eigenvalue weighted by molar-refractivity contribution is 5.77. The first-order chi connectivity index (χ1) is 10.6. The van der Waals surface area contributed by atoms with Crippen molar-refractivity contribution < 1.29 is 4.79 Å². The zero-order valence-corrected chi connectivity index (χ0v) is 14.8. The van der Waals surface area contributed by atoms with E-state index in [9.17, 15) is 4.79 Å². The fraction of sp³-hybridized carbons (Fsp3) is 0.737. The standard InChI is InChI=1S/C19H36N2O/c1-5-17(3)20-15-11-7-8-12-16-21-18(4)13-9-10-14-19(22)6-2/h20-21H,3-16H2,1-2H3. The second kappa shape index (κ2) is 14.7. The van der Waals surface area contributed by atoms with Crippen molar-refractivity contribution in [1.29, 1.82) is 0 Å². The lowest BCUT2D eigenvalue weighted by Gasteiger charge is -2.10. The van der Waals surface area contributed by atoms with Gasteiger partial charge in [-0.2, -0.15) is 0 Å². The van der Waals surface area contributed by atoms with Gasteiger partial charge in [0.05, 0.1) is 0 Å². The fourth-order valence-corrected chi connectivity index (χ4v) is 2.18. The number of carbonyl (C=O) groups excluding carboxylic acids is 1. The van der Waals surface area contributed by atoms with Crippen LogP contribution in [0.15, 0.2) is 24.6 Å². The van der Waals surface area contributed by atoms with Gasteiger partial charge in [0, 0.05) is 37.3 Å². The molecule has 0 aliphatic carbocycles. The van der Waals surface area contributed by atoms with Gasteiger partial charge >= 0.3 is 0 Å². The summed E-state index contributed by atoms with van der Waals surface area (Å²) in [6, 6.07) is 0. The van der Waals surface area contributed by atoms with Crippen LogP contribution in [0, 0.1) is 0 Å². The highest BCUT2D eigenvalue weighted by atomic mass is 16.1. The first kappa shape index (κ1) is 20.8. The van der Waals surface area contributed by atoms with Gasteiger partial charge in [0.1, 0.15) is 5.78 Å². The molecule has 0 saturated carbocycles. The van der Waals surface area contributed by atoms with Crippen molar-refractivity contribution in [3.63, 3.8) is 0 Å². The third-order valence-electron chi connectivity index (χ3n) is 3.86. The number of rotatable bonds is 16. The first-order valence-corrected chi connectivity index (χ1v) is 8.95. The molecule has 0 aromatic rings. The van der Waals surface area contributed by atoms with Crippen LogP contribution in [0.2, 0.25) is 0 Å². The summed E-state index contributed by atoms with van der Waals surface area (Å²) in [5.74, 6) is 0.371. The van der Waals surface area contributed by atoms with E-state index in [0.29, 0.717) is 12.2 Å². The predicted octanol–water partition coefficient (Wildman–Crippen LogP) is 4.70. The molecule has 22 heavy (non-hydrogen) atoms. The average molecular weight is 309 g/mol. The Hall–Kier alpha value is -1.25. The van der Waals surface area contributed by atoms with Gasteiger partial charge in [-0.3, -0.25) is 4.79 Å². The summed E-state index contributed by atoms with van der Waals surface area (Å²) >= 11 is 0. The van der Waals surface area contributed by atoms with E-state index in [2.05, 4.69) is 30.7 Å². The molecule has 3 nitrogen and oxygen atoms in total. The molecule has 0 atom stereocenters. The molecule has 2 N–H and O–H groups in total. The molecular weight excluding hydrogens is 272 g/mol. The van der Waals surface area contributed by atoms with Gasteiger partial charge in [0.2, 0.25) is 0 Å². The van der Waals surface area contributed by atoms with Crippen LogP contribution >= 0.6 is 0 Å². The summed E-state index contributed by atoms with van der Waals surface area (Å²) in [5.41, 5.74) is 2.25. The molecule has 0 aromatic heterocycles. The minimum absolute atomic E-state index is 0.371. The Morgan fingerprint density at radius 3 is 1.82 bits per heavy atom. The summed E-state index contributed by atoms with van der Waals surface area (Å²) in [4.78, 5) is 11.2. The number of Topliss-reactive ketones (excluding diaryl/α,β-unsaturated/α-hetero) is 1. The van der Waals surface area contributed by atoms with Crippen LogP contribution in [0.3, 0.4) is 0 Å². The summed E-state index contributed by atoms with van der Waals surface area (Å²) in [6.07, 6.45) is 10.4. The Morgan fingerprint density at radius 2 is 1.27 bits per heavy atom. The van der Waals surface area contributed by atoms with Crippen LogP contribution in [0.1, 0.15) is 78.1 Å². The maximum atomic E-state index is 11.2. The molecule has 128 valence electrons. The molecule has 0 radical (unpaired) electrons. The van der Waals surface area contributed by atoms with Crippen LogP contribution in [-0.2, 0) is 4.79 Å². The Morgan fingerprint density at radius 1 is 0.727 bits per heavy atom. The Balaban J connectivity index is 3.28. The zero-order valence-electron chi connectivity index (χ0n) is 14.8. The van der Waals surface area contributed by atoms with Crippen LogP contribution in [-0.4, -0.2) is 18.9 Å². The van der Waals surface area contributed by atoms with Gasteiger partial charge in [-0.1, -0.05) is 39.8 Å². The van der Waals surface area contributed by atoms with Crippen molar-refractivity contribution in [2.75, 3.05) is 13.1 Å². The molecule has 0 saturated heterocycles. The molecule has 0 aliphatic rings. The van der Waals surface area contributed by atoms with Crippen molar-refractivity contribution in [2.24, 2.45) is 0 Å². The van der Waals surface area contributed by atoms with Crippen molar-refractivity contribution >= 4 is 5.78 Å². The van der Waals surface area contributed by atoms with E-state index in [1.165, 1.54) is 25.7 Å². The van der Waals surface area contributed by atoms with E-state index in [1.807, 2.05) is 6.92 Å². The summed E-state index contributed by atoms with van der Waals surface area (Å²) in [5, 5.41) is 6.73. The smallest absolute Gasteiger partial charge is 0.132 e. The molecule has 0 rings (SSSR count). The van der Waals surface area contributed by atoms with Crippen LogP contribution in [0.25, 0.3) is 0 Å².